The molecule has 3 aromatic carbocycles. The summed E-state index contributed by atoms with van der Waals surface area (Å²) in [6, 6.07) is 17.5. The maximum atomic E-state index is 12.8. The number of nitrogens with one attached hydrogen (secondary N) is 1. The highest BCUT2D eigenvalue weighted by Crippen LogP contribution is 2.36. The number of amides is 1. The third kappa shape index (κ3) is 6.97. The fraction of sp³-hybridized carbons (Fsp3) is 0.200. The first-order valence-electron chi connectivity index (χ1n) is 13.3. The third-order valence-corrected chi connectivity index (χ3v) is 7.66. The molecule has 14 heteroatoms. The smallest absolute Gasteiger partial charge is 0.416 e. The fourth-order valence-corrected chi connectivity index (χ4v) is 5.39. The van der Waals surface area contributed by atoms with Crippen LogP contribution in [-0.4, -0.2) is 50.0 Å². The van der Waals surface area contributed by atoms with Gasteiger partial charge in [0.15, 0.2) is 11.0 Å². The van der Waals surface area contributed by atoms with Crippen LogP contribution in [0.25, 0.3) is 17.1 Å². The Labute approximate surface area is 260 Å². The van der Waals surface area contributed by atoms with Crippen LogP contribution in [0.2, 0.25) is 0 Å². The number of aromatic nitrogens is 3. The molecule has 1 saturated heterocycles. The van der Waals surface area contributed by atoms with Gasteiger partial charge in [-0.3, -0.25) is 15.1 Å². The number of rotatable bonds is 7. The molecule has 0 radical (unpaired) electrons. The lowest BCUT2D eigenvalue weighted by Crippen LogP contribution is -2.31. The van der Waals surface area contributed by atoms with Crippen LogP contribution in [0.4, 0.5) is 18.9 Å². The summed E-state index contributed by atoms with van der Waals surface area (Å²) in [7, 11) is 1.57. The highest BCUT2D eigenvalue weighted by Gasteiger charge is 2.32. The van der Waals surface area contributed by atoms with Gasteiger partial charge in [-0.15, -0.1) is 5.10 Å². The summed E-state index contributed by atoms with van der Waals surface area (Å²) in [5.74, 6) is 1.35. The molecule has 4 aromatic rings. The Morgan fingerprint density at radius 2 is 1.84 bits per heavy atom. The van der Waals surface area contributed by atoms with Gasteiger partial charge in [0.05, 0.1) is 36.0 Å². The van der Waals surface area contributed by atoms with Crippen LogP contribution < -0.4 is 15.1 Å². The number of methoxy groups -OCH3 is 1. The molecule has 1 N–H and O–H groups in total. The minimum Gasteiger partial charge on any atom is -0.497 e. The van der Waals surface area contributed by atoms with Crippen LogP contribution in [0.15, 0.2) is 83.2 Å². The quantitative estimate of drug-likeness (QED) is 0.142. The maximum absolute atomic E-state index is 12.8. The number of hydrazone groups is 1. The van der Waals surface area contributed by atoms with Crippen molar-refractivity contribution in [3.63, 3.8) is 0 Å². The Hall–Kier alpha value is -4.56. The molecule has 1 aliphatic rings. The number of thiocarbonyl (C=S) groups is 1. The number of ether oxygens (including phenoxy) is 1. The van der Waals surface area contributed by atoms with E-state index in [1.807, 2.05) is 18.2 Å². The van der Waals surface area contributed by atoms with Gasteiger partial charge in [0.2, 0.25) is 11.0 Å². The Morgan fingerprint density at radius 1 is 1.11 bits per heavy atom. The van der Waals surface area contributed by atoms with Gasteiger partial charge in [-0.25, -0.2) is 9.67 Å². The average molecular weight is 638 g/mol. The van der Waals surface area contributed by atoms with Crippen molar-refractivity contribution in [2.45, 2.75) is 25.9 Å². The molecule has 9 nitrogen and oxygen atoms in total. The van der Waals surface area contributed by atoms with E-state index in [0.717, 1.165) is 23.3 Å². The molecule has 1 aliphatic heterocycles. The van der Waals surface area contributed by atoms with E-state index in [9.17, 15) is 18.0 Å². The molecule has 1 aromatic heterocycles. The van der Waals surface area contributed by atoms with Crippen LogP contribution in [0.5, 0.6) is 5.75 Å². The van der Waals surface area contributed by atoms with Gasteiger partial charge in [-0.2, -0.15) is 23.3 Å². The minimum absolute atomic E-state index is 0.0899. The number of hydrogen-bond donors (Lipinski definition) is 1. The van der Waals surface area contributed by atoms with Crippen LogP contribution >= 0.6 is 24.0 Å². The zero-order valence-electron chi connectivity index (χ0n) is 23.7. The van der Waals surface area contributed by atoms with Gasteiger partial charge in [0.25, 0.3) is 0 Å². The highest BCUT2D eigenvalue weighted by molar-refractivity contribution is 8.15. The number of amidine groups is 1. The molecule has 0 spiro atoms. The van der Waals surface area contributed by atoms with E-state index < -0.39 is 11.7 Å². The topological polar surface area (TPSA) is 97.0 Å². The van der Waals surface area contributed by atoms with Gasteiger partial charge in [-0.1, -0.05) is 55.9 Å². The van der Waals surface area contributed by atoms with Gasteiger partial charge < -0.3 is 4.74 Å². The van der Waals surface area contributed by atoms with Gasteiger partial charge in [0, 0.05) is 11.6 Å². The molecule has 0 unspecified atom stereocenters. The number of carbonyl (C=O) groups is 1. The lowest BCUT2D eigenvalue weighted by Gasteiger charge is -2.22. The maximum Gasteiger partial charge on any atom is 0.416 e. The summed E-state index contributed by atoms with van der Waals surface area (Å²) in [5.41, 5.74) is 5.60. The number of hydrogen-bond acceptors (Lipinski definition) is 7. The van der Waals surface area contributed by atoms with Crippen molar-refractivity contribution in [2.24, 2.45) is 10.1 Å². The molecule has 5 rings (SSSR count). The number of nitrogens with zero attached hydrogens (tertiary/aromatic N) is 6. The van der Waals surface area contributed by atoms with Crippen molar-refractivity contribution >= 4 is 52.1 Å². The molecule has 1 fully saturated rings. The van der Waals surface area contributed by atoms with Crippen molar-refractivity contribution in [3.8, 4) is 22.8 Å². The molecule has 0 saturated carbocycles. The largest absolute Gasteiger partial charge is 0.497 e. The number of anilines is 1. The molecule has 226 valence electrons. The third-order valence-electron chi connectivity index (χ3n) is 6.56. The molecule has 1 amide bonds. The zero-order valence-corrected chi connectivity index (χ0v) is 25.4. The van der Waals surface area contributed by atoms with Crippen molar-refractivity contribution in [2.75, 3.05) is 17.8 Å². The monoisotopic (exact) mass is 637 g/mol. The van der Waals surface area contributed by atoms with E-state index in [4.69, 9.17) is 17.0 Å². The molecule has 44 heavy (non-hydrogen) atoms. The number of thioether (sulfide) groups is 1. The first-order chi connectivity index (χ1) is 21.0. The summed E-state index contributed by atoms with van der Waals surface area (Å²) in [6.45, 7) is 4.10. The van der Waals surface area contributed by atoms with E-state index in [2.05, 4.69) is 39.4 Å². The van der Waals surface area contributed by atoms with Gasteiger partial charge >= 0.3 is 6.18 Å². The second-order valence-electron chi connectivity index (χ2n) is 9.85. The van der Waals surface area contributed by atoms with Crippen molar-refractivity contribution in [1.29, 1.82) is 0 Å². The number of alkyl halides is 3. The summed E-state index contributed by atoms with van der Waals surface area (Å²) >= 11 is 6.66. The average Bonchev–Trinajstić information content (AvgIpc) is 3.64. The Balaban J connectivity index is 1.23. The van der Waals surface area contributed by atoms with E-state index in [-0.39, 0.29) is 22.7 Å². The Bertz CT molecular complexity index is 1730. The molecule has 0 bridgehead atoms. The van der Waals surface area contributed by atoms with Crippen LogP contribution in [-0.2, 0) is 11.0 Å². The predicted octanol–water partition coefficient (Wildman–Crippen LogP) is 6.43. The molecule has 0 atom stereocenters. The zero-order chi connectivity index (χ0) is 31.4. The van der Waals surface area contributed by atoms with E-state index in [0.29, 0.717) is 33.7 Å². The first kappa shape index (κ1) is 30.9. The second kappa shape index (κ2) is 13.0. The second-order valence-corrected chi connectivity index (χ2v) is 11.2. The van der Waals surface area contributed by atoms with Crippen molar-refractivity contribution in [3.05, 3.63) is 89.7 Å². The predicted molar refractivity (Wildman–Crippen MR) is 170 cm³/mol. The molecule has 2 heterocycles. The van der Waals surface area contributed by atoms with Gasteiger partial charge in [-0.05, 0) is 59.6 Å². The van der Waals surface area contributed by atoms with Crippen molar-refractivity contribution < 1.29 is 22.7 Å². The Kier molecular flexibility index (Phi) is 9.11. The molecular weight excluding hydrogens is 612 g/mol. The summed E-state index contributed by atoms with van der Waals surface area (Å²) in [5, 5.41) is 9.09. The van der Waals surface area contributed by atoms with Crippen molar-refractivity contribution in [1.82, 2.24) is 20.2 Å². The first-order valence-corrected chi connectivity index (χ1v) is 14.7. The number of aliphatic imine (C=N–C) groups is 1. The number of benzene rings is 3. The number of carbonyl (C=O) groups excluding carboxylic acids is 1. The standard InChI is InChI=1S/C30H26F3N7O2S2/c1-18(2)24-13-12-23(42-3)14-25(24)40-26(41)16-44-29(40)36-28(43)37-35-15-19-4-6-20(7-5-19)27-34-17-39(38-27)22-10-8-21(9-11-22)30(31,32)33/h4-15,17-18H,16H2,1-3H3,(H,37,43)/b35-15+,36-29-. The highest BCUT2D eigenvalue weighted by atomic mass is 32.2. The summed E-state index contributed by atoms with van der Waals surface area (Å²) < 4.78 is 45.3. The molecular formula is C30H26F3N7O2S2. The fourth-order valence-electron chi connectivity index (χ4n) is 4.33. The van der Waals surface area contributed by atoms with Gasteiger partial charge in [0.1, 0.15) is 12.1 Å². The SMILES string of the molecule is COc1ccc(C(C)C)c(N2C(=O)CS/C2=N\C(=S)N/N=C/c2ccc(-c3ncn(-c4ccc(C(F)(F)F)cc4)n3)cc2)c1. The van der Waals surface area contributed by atoms with Crippen LogP contribution in [0.1, 0.15) is 36.5 Å². The van der Waals surface area contributed by atoms with Crippen LogP contribution in [0.3, 0.4) is 0 Å². The summed E-state index contributed by atoms with van der Waals surface area (Å²) in [4.78, 5) is 23.1. The minimum atomic E-state index is -4.41. The lowest BCUT2D eigenvalue weighted by atomic mass is 10.00. The van der Waals surface area contributed by atoms with E-state index in [1.165, 1.54) is 34.9 Å². The number of halogens is 3. The molecule has 0 aliphatic carbocycles. The van der Waals surface area contributed by atoms with E-state index in [1.54, 1.807) is 42.5 Å². The van der Waals surface area contributed by atoms with Crippen LogP contribution in [0, 0.1) is 0 Å². The normalized spacial score (nSPS) is 14.7. The van der Waals surface area contributed by atoms with E-state index >= 15 is 0 Å². The Morgan fingerprint density at radius 3 is 2.50 bits per heavy atom. The summed E-state index contributed by atoms with van der Waals surface area (Å²) in [6.07, 6.45) is -1.40. The lowest BCUT2D eigenvalue weighted by molar-refractivity contribution is -0.137.